The lowest BCUT2D eigenvalue weighted by molar-refractivity contribution is 1.07. The fourth-order valence-corrected chi connectivity index (χ4v) is 10.5. The van der Waals surface area contributed by atoms with E-state index in [0.29, 0.717) is 34.4 Å². The average Bonchev–Trinajstić information content (AvgIpc) is 4.03. The highest BCUT2D eigenvalue weighted by Crippen LogP contribution is 2.42. The third-order valence-electron chi connectivity index (χ3n) is 13.9. The molecule has 0 saturated heterocycles. The number of nitrogens with zero attached hydrogens (tertiary/aromatic N) is 8. The third-order valence-corrected chi connectivity index (χ3v) is 13.9. The summed E-state index contributed by atoms with van der Waals surface area (Å²) >= 11 is 0. The molecule has 0 fully saturated rings. The van der Waals surface area contributed by atoms with Crippen molar-refractivity contribution in [2.75, 3.05) is 0 Å². The van der Waals surface area contributed by atoms with Gasteiger partial charge in [-0.2, -0.15) is 5.26 Å². The molecule has 10 aromatic carbocycles. The van der Waals surface area contributed by atoms with Gasteiger partial charge in [-0.1, -0.05) is 152 Å². The minimum atomic E-state index is 0.456. The molecule has 8 nitrogen and oxygen atoms in total. The second-order valence-corrected chi connectivity index (χ2v) is 18.1. The van der Waals surface area contributed by atoms with E-state index in [1.54, 1.807) is 0 Å². The molecule has 0 N–H and O–H groups in total. The average molecular weight is 943 g/mol. The van der Waals surface area contributed by atoms with Gasteiger partial charge in [-0.05, 0) is 101 Å². The Hall–Kier alpha value is -10.7. The number of nitriles is 1. The van der Waals surface area contributed by atoms with Crippen molar-refractivity contribution in [3.8, 4) is 85.0 Å². The molecule has 342 valence electrons. The Morgan fingerprint density at radius 3 is 1.27 bits per heavy atom. The Bertz CT molecular complexity index is 4190. The van der Waals surface area contributed by atoms with Gasteiger partial charge < -0.3 is 9.13 Å². The largest absolute Gasteiger partial charge is 0.309 e. The van der Waals surface area contributed by atoms with Crippen LogP contribution in [-0.2, 0) is 0 Å². The maximum Gasteiger partial charge on any atom is 0.187 e. The number of aromatic nitrogens is 5. The number of hydrogen-bond donors (Lipinski definition) is 0. The van der Waals surface area contributed by atoms with Crippen molar-refractivity contribution in [2.24, 2.45) is 0 Å². The van der Waals surface area contributed by atoms with Gasteiger partial charge in [0.15, 0.2) is 28.8 Å². The van der Waals surface area contributed by atoms with Gasteiger partial charge in [-0.3, -0.25) is 0 Å². The molecule has 0 radical (unpaired) electrons. The summed E-state index contributed by atoms with van der Waals surface area (Å²) in [5.74, 6) is 1.38. The number of hydrogen-bond acceptors (Lipinski definition) is 4. The summed E-state index contributed by atoms with van der Waals surface area (Å²) in [5, 5.41) is 14.7. The molecule has 8 heteroatoms. The Balaban J connectivity index is 1.07. The summed E-state index contributed by atoms with van der Waals surface area (Å²) in [7, 11) is 0. The third kappa shape index (κ3) is 7.33. The first-order chi connectivity index (χ1) is 36.5. The Kier molecular flexibility index (Phi) is 10.5. The molecule has 0 aliphatic heterocycles. The van der Waals surface area contributed by atoms with Gasteiger partial charge in [-0.15, -0.1) is 0 Å². The van der Waals surface area contributed by atoms with Crippen LogP contribution in [0.15, 0.2) is 231 Å². The van der Waals surface area contributed by atoms with Crippen LogP contribution in [-0.4, -0.2) is 24.1 Å². The van der Waals surface area contributed by atoms with E-state index in [1.165, 1.54) is 0 Å². The van der Waals surface area contributed by atoms with Crippen LogP contribution < -0.4 is 0 Å². The van der Waals surface area contributed by atoms with E-state index in [9.17, 15) is 5.26 Å². The lowest BCUT2D eigenvalue weighted by Gasteiger charge is -2.18. The van der Waals surface area contributed by atoms with Gasteiger partial charge in [0.25, 0.3) is 0 Å². The standard InChI is InChI=1S/C66H38N8/c1-68-48-33-29-43(30-34-48)50-19-3-4-24-55(50)66-71-64(46-31-35-62(56(39-46)44-16-13-15-42(37-44)41-67)73-58-25-9-5-20-51(58)52-21-6-10-26-59(52)73)70-65(72-66)47-32-36-63(57(40-47)45-17-14-18-49(38-45)69-2)74-60-27-11-7-22-53(60)54-23-8-12-28-61(54)74/h3-40H. The lowest BCUT2D eigenvalue weighted by atomic mass is 9.97. The van der Waals surface area contributed by atoms with E-state index in [-0.39, 0.29) is 0 Å². The molecule has 0 amide bonds. The van der Waals surface area contributed by atoms with E-state index < -0.39 is 0 Å². The fraction of sp³-hybridized carbons (Fsp3) is 0. The number of fused-ring (bicyclic) bond motifs is 6. The molecule has 0 atom stereocenters. The molecule has 74 heavy (non-hydrogen) atoms. The van der Waals surface area contributed by atoms with Crippen molar-refractivity contribution in [3.05, 3.63) is 259 Å². The van der Waals surface area contributed by atoms with Gasteiger partial charge in [0.2, 0.25) is 0 Å². The zero-order valence-corrected chi connectivity index (χ0v) is 39.5. The molecular formula is C66H38N8. The van der Waals surface area contributed by atoms with Crippen LogP contribution >= 0.6 is 0 Å². The monoisotopic (exact) mass is 942 g/mol. The molecule has 0 aliphatic rings. The molecule has 13 aromatic rings. The summed E-state index contributed by atoms with van der Waals surface area (Å²) in [4.78, 5) is 23.5. The second-order valence-electron chi connectivity index (χ2n) is 18.1. The smallest absolute Gasteiger partial charge is 0.187 e. The van der Waals surface area contributed by atoms with Crippen LogP contribution in [0.2, 0.25) is 0 Å². The highest BCUT2D eigenvalue weighted by molar-refractivity contribution is 6.11. The maximum atomic E-state index is 10.2. The van der Waals surface area contributed by atoms with E-state index in [2.05, 4.69) is 164 Å². The predicted molar refractivity (Wildman–Crippen MR) is 298 cm³/mol. The van der Waals surface area contributed by atoms with Crippen LogP contribution in [0.1, 0.15) is 5.56 Å². The van der Waals surface area contributed by atoms with Gasteiger partial charge in [0.05, 0.1) is 58.2 Å². The zero-order chi connectivity index (χ0) is 49.7. The highest BCUT2D eigenvalue weighted by Gasteiger charge is 2.22. The Morgan fingerprint density at radius 2 is 0.770 bits per heavy atom. The minimum absolute atomic E-state index is 0.456. The lowest BCUT2D eigenvalue weighted by Crippen LogP contribution is -2.03. The molecule has 0 unspecified atom stereocenters. The zero-order valence-electron chi connectivity index (χ0n) is 39.5. The first-order valence-electron chi connectivity index (χ1n) is 24.1. The number of rotatable bonds is 8. The topological polar surface area (TPSA) is 81.0 Å². The van der Waals surface area contributed by atoms with Gasteiger partial charge in [-0.25, -0.2) is 24.6 Å². The van der Waals surface area contributed by atoms with Crippen LogP contribution in [0.3, 0.4) is 0 Å². The van der Waals surface area contributed by atoms with Crippen molar-refractivity contribution in [1.29, 1.82) is 5.26 Å². The first-order valence-corrected chi connectivity index (χ1v) is 24.1. The van der Waals surface area contributed by atoms with E-state index in [1.807, 2.05) is 91.0 Å². The SMILES string of the molecule is [C-]#[N+]c1ccc(-c2ccccc2-c2nc(-c3ccc(-n4c5ccccc5c5ccccc54)c(-c4cccc(C#N)c4)c3)nc(-c3ccc(-n4c5ccccc5c5ccccc54)c(-c4cccc([N+]#[C-])c4)c3)n2)cc1. The minimum Gasteiger partial charge on any atom is -0.309 e. The van der Waals surface area contributed by atoms with E-state index in [4.69, 9.17) is 28.1 Å². The van der Waals surface area contributed by atoms with Crippen LogP contribution in [0.4, 0.5) is 11.4 Å². The molecule has 0 saturated carbocycles. The summed E-state index contributed by atoms with van der Waals surface area (Å²) in [6.45, 7) is 15.6. The summed E-state index contributed by atoms with van der Waals surface area (Å²) in [6.07, 6.45) is 0. The van der Waals surface area contributed by atoms with Gasteiger partial charge in [0.1, 0.15) is 0 Å². The van der Waals surface area contributed by atoms with Crippen LogP contribution in [0.25, 0.3) is 132 Å². The number of para-hydroxylation sites is 4. The first kappa shape index (κ1) is 43.3. The van der Waals surface area contributed by atoms with Gasteiger partial charge >= 0.3 is 0 Å². The Labute approximate surface area is 426 Å². The van der Waals surface area contributed by atoms with E-state index in [0.717, 1.165) is 105 Å². The second kappa shape index (κ2) is 17.9. The normalized spacial score (nSPS) is 11.2. The van der Waals surface area contributed by atoms with Crippen molar-refractivity contribution in [3.63, 3.8) is 0 Å². The van der Waals surface area contributed by atoms with Crippen molar-refractivity contribution < 1.29 is 0 Å². The molecule has 3 aromatic heterocycles. The highest BCUT2D eigenvalue weighted by atomic mass is 15.0. The van der Waals surface area contributed by atoms with E-state index >= 15 is 0 Å². The van der Waals surface area contributed by atoms with Crippen molar-refractivity contribution in [1.82, 2.24) is 24.1 Å². The summed E-state index contributed by atoms with van der Waals surface area (Å²) in [6, 6.07) is 79.9. The maximum absolute atomic E-state index is 10.2. The molecule has 13 rings (SSSR count). The molecular weight excluding hydrogens is 905 g/mol. The van der Waals surface area contributed by atoms with Crippen LogP contribution in [0.5, 0.6) is 0 Å². The van der Waals surface area contributed by atoms with Crippen molar-refractivity contribution in [2.45, 2.75) is 0 Å². The predicted octanol–water partition coefficient (Wildman–Crippen LogP) is 17.0. The number of benzene rings is 10. The summed E-state index contributed by atoms with van der Waals surface area (Å²) < 4.78 is 4.60. The van der Waals surface area contributed by atoms with Gasteiger partial charge in [0, 0.05) is 49.4 Å². The quantitative estimate of drug-likeness (QED) is 0.142. The molecule has 3 heterocycles. The fourth-order valence-electron chi connectivity index (χ4n) is 10.5. The van der Waals surface area contributed by atoms with Crippen LogP contribution in [0, 0.1) is 24.5 Å². The molecule has 0 bridgehead atoms. The molecule has 0 spiro atoms. The summed E-state index contributed by atoms with van der Waals surface area (Å²) in [5.41, 5.74) is 15.5. The molecule has 0 aliphatic carbocycles. The Morgan fingerprint density at radius 1 is 0.338 bits per heavy atom. The van der Waals surface area contributed by atoms with Crippen molar-refractivity contribution >= 4 is 55.0 Å².